The fourth-order valence-corrected chi connectivity index (χ4v) is 4.27. The van der Waals surface area contributed by atoms with E-state index in [0.717, 1.165) is 28.5 Å². The maximum atomic E-state index is 4.44. The van der Waals surface area contributed by atoms with Gasteiger partial charge in [0.15, 0.2) is 0 Å². The van der Waals surface area contributed by atoms with Gasteiger partial charge in [0.1, 0.15) is 17.0 Å². The lowest BCUT2D eigenvalue weighted by atomic mass is 9.75. The van der Waals surface area contributed by atoms with Crippen molar-refractivity contribution in [2.45, 2.75) is 38.1 Å². The Morgan fingerprint density at radius 3 is 3.05 bits per heavy atom. The molecule has 2 aromatic rings. The van der Waals surface area contributed by atoms with Crippen LogP contribution < -0.4 is 5.32 Å². The van der Waals surface area contributed by atoms with Crippen LogP contribution in [0.15, 0.2) is 17.8 Å². The molecule has 2 atom stereocenters. The lowest BCUT2D eigenvalue weighted by Gasteiger charge is -2.45. The predicted molar refractivity (Wildman–Crippen MR) is 90.0 cm³/mol. The molecule has 3 rings (SSSR count). The van der Waals surface area contributed by atoms with Crippen LogP contribution in [0.2, 0.25) is 0 Å². The van der Waals surface area contributed by atoms with Crippen LogP contribution in [0.25, 0.3) is 10.2 Å². The number of rotatable bonds is 4. The molecule has 0 bridgehead atoms. The summed E-state index contributed by atoms with van der Waals surface area (Å²) in [6.07, 6.45) is 6.85. The van der Waals surface area contributed by atoms with Crippen molar-refractivity contribution >= 4 is 27.4 Å². The molecule has 2 aromatic heterocycles. The van der Waals surface area contributed by atoms with Crippen LogP contribution in [0.3, 0.4) is 0 Å². The van der Waals surface area contributed by atoms with Gasteiger partial charge in [0.25, 0.3) is 0 Å². The third-order valence-electron chi connectivity index (χ3n) is 4.86. The van der Waals surface area contributed by atoms with E-state index in [0.29, 0.717) is 0 Å². The summed E-state index contributed by atoms with van der Waals surface area (Å²) in [5, 5.41) is 6.82. The van der Waals surface area contributed by atoms with Gasteiger partial charge in [-0.1, -0.05) is 19.8 Å². The van der Waals surface area contributed by atoms with Gasteiger partial charge in [-0.15, -0.1) is 11.3 Å². The van der Waals surface area contributed by atoms with Crippen LogP contribution in [0, 0.1) is 5.92 Å². The molecule has 2 unspecified atom stereocenters. The molecule has 114 valence electrons. The summed E-state index contributed by atoms with van der Waals surface area (Å²) in [7, 11) is 4.42. The predicted octanol–water partition coefficient (Wildman–Crippen LogP) is 3.61. The zero-order valence-corrected chi connectivity index (χ0v) is 13.9. The second-order valence-corrected chi connectivity index (χ2v) is 7.43. The third kappa shape index (κ3) is 2.90. The summed E-state index contributed by atoms with van der Waals surface area (Å²) in [4.78, 5) is 12.2. The molecule has 0 aromatic carbocycles. The minimum atomic E-state index is 0.241. The largest absolute Gasteiger partial charge is 0.368 e. The van der Waals surface area contributed by atoms with Gasteiger partial charge in [0.05, 0.1) is 5.39 Å². The molecule has 0 amide bonds. The molecule has 2 heterocycles. The van der Waals surface area contributed by atoms with Gasteiger partial charge in [-0.25, -0.2) is 9.97 Å². The minimum Gasteiger partial charge on any atom is -0.368 e. The fraction of sp³-hybridized carbons (Fsp3) is 0.625. The van der Waals surface area contributed by atoms with Crippen molar-refractivity contribution in [1.82, 2.24) is 14.9 Å². The number of nitrogens with one attached hydrogen (secondary N) is 1. The van der Waals surface area contributed by atoms with Crippen LogP contribution in [-0.4, -0.2) is 41.0 Å². The third-order valence-corrected chi connectivity index (χ3v) is 5.68. The molecule has 0 aliphatic heterocycles. The first-order valence-electron chi connectivity index (χ1n) is 7.70. The molecule has 5 heteroatoms. The van der Waals surface area contributed by atoms with E-state index < -0.39 is 0 Å². The molecule has 21 heavy (non-hydrogen) atoms. The van der Waals surface area contributed by atoms with Crippen LogP contribution >= 0.6 is 11.3 Å². The number of anilines is 1. The summed E-state index contributed by atoms with van der Waals surface area (Å²) >= 11 is 1.67. The zero-order chi connectivity index (χ0) is 14.9. The van der Waals surface area contributed by atoms with Crippen molar-refractivity contribution < 1.29 is 0 Å². The Labute approximate surface area is 130 Å². The molecule has 0 spiro atoms. The number of likely N-dealkylation sites (N-methyl/N-ethyl adjacent to an activating group) is 1. The van der Waals surface area contributed by atoms with Gasteiger partial charge >= 0.3 is 0 Å². The van der Waals surface area contributed by atoms with E-state index >= 15 is 0 Å². The number of aromatic nitrogens is 2. The summed E-state index contributed by atoms with van der Waals surface area (Å²) in [5.74, 6) is 1.77. The number of fused-ring (bicyclic) bond motifs is 1. The lowest BCUT2D eigenvalue weighted by Crippen LogP contribution is -2.52. The monoisotopic (exact) mass is 304 g/mol. The highest BCUT2D eigenvalue weighted by Crippen LogP contribution is 2.36. The summed E-state index contributed by atoms with van der Waals surface area (Å²) in [6, 6.07) is 2.11. The Bertz CT molecular complexity index is 609. The fourth-order valence-electron chi connectivity index (χ4n) is 3.54. The van der Waals surface area contributed by atoms with Crippen LogP contribution in [0.5, 0.6) is 0 Å². The molecule has 4 nitrogen and oxygen atoms in total. The van der Waals surface area contributed by atoms with Crippen molar-refractivity contribution in [1.29, 1.82) is 0 Å². The Morgan fingerprint density at radius 1 is 1.43 bits per heavy atom. The second kappa shape index (κ2) is 5.89. The van der Waals surface area contributed by atoms with Crippen LogP contribution in [0.1, 0.15) is 32.6 Å². The van der Waals surface area contributed by atoms with Crippen molar-refractivity contribution in [3.05, 3.63) is 17.8 Å². The Balaban J connectivity index is 1.79. The van der Waals surface area contributed by atoms with Crippen molar-refractivity contribution in [3.63, 3.8) is 0 Å². The number of nitrogens with zero attached hydrogens (tertiary/aromatic N) is 3. The summed E-state index contributed by atoms with van der Waals surface area (Å²) in [6.45, 7) is 3.32. The Hall–Kier alpha value is -1.20. The van der Waals surface area contributed by atoms with Gasteiger partial charge < -0.3 is 10.2 Å². The average Bonchev–Trinajstić information content (AvgIpc) is 2.94. The number of thiophene rings is 1. The van der Waals surface area contributed by atoms with E-state index in [2.05, 4.69) is 52.7 Å². The maximum Gasteiger partial charge on any atom is 0.138 e. The highest BCUT2D eigenvalue weighted by molar-refractivity contribution is 7.16. The molecule has 1 saturated carbocycles. The zero-order valence-electron chi connectivity index (χ0n) is 13.1. The number of hydrogen-bond acceptors (Lipinski definition) is 5. The molecule has 0 saturated heterocycles. The first kappa shape index (κ1) is 14.7. The normalized spacial score (nSPS) is 26.4. The Kier molecular flexibility index (Phi) is 4.13. The van der Waals surface area contributed by atoms with Crippen molar-refractivity contribution in [2.75, 3.05) is 26.0 Å². The van der Waals surface area contributed by atoms with E-state index in [1.54, 1.807) is 17.7 Å². The van der Waals surface area contributed by atoms with Gasteiger partial charge in [-0.2, -0.15) is 0 Å². The molecule has 1 aliphatic carbocycles. The first-order chi connectivity index (χ1) is 10.1. The molecule has 0 radical (unpaired) electrons. The minimum absolute atomic E-state index is 0.241. The van der Waals surface area contributed by atoms with Gasteiger partial charge in [-0.3, -0.25) is 0 Å². The highest BCUT2D eigenvalue weighted by Gasteiger charge is 2.36. The van der Waals surface area contributed by atoms with Gasteiger partial charge in [0.2, 0.25) is 0 Å². The van der Waals surface area contributed by atoms with Crippen LogP contribution in [-0.2, 0) is 0 Å². The van der Waals surface area contributed by atoms with Crippen molar-refractivity contribution in [3.8, 4) is 0 Å². The lowest BCUT2D eigenvalue weighted by molar-refractivity contribution is 0.0882. The number of hydrogen-bond donors (Lipinski definition) is 1. The molecule has 1 aliphatic rings. The van der Waals surface area contributed by atoms with E-state index in [9.17, 15) is 0 Å². The summed E-state index contributed by atoms with van der Waals surface area (Å²) < 4.78 is 0. The summed E-state index contributed by atoms with van der Waals surface area (Å²) in [5.41, 5.74) is 0.241. The molecular weight excluding hydrogens is 280 g/mol. The molecular formula is C16H24N4S. The first-order valence-corrected chi connectivity index (χ1v) is 8.58. The van der Waals surface area contributed by atoms with E-state index in [1.807, 2.05) is 0 Å². The van der Waals surface area contributed by atoms with E-state index in [-0.39, 0.29) is 5.54 Å². The smallest absolute Gasteiger partial charge is 0.138 e. The average molecular weight is 304 g/mol. The topological polar surface area (TPSA) is 41.1 Å². The highest BCUT2D eigenvalue weighted by atomic mass is 32.1. The van der Waals surface area contributed by atoms with E-state index in [1.165, 1.54) is 25.7 Å². The Morgan fingerprint density at radius 2 is 2.29 bits per heavy atom. The molecule has 1 N–H and O–H groups in total. The van der Waals surface area contributed by atoms with E-state index in [4.69, 9.17) is 0 Å². The standard InChI is InChI=1S/C16H24N4S/c1-12-5-4-7-16(9-12,20(2)3)10-17-14-13-6-8-21-15(13)19-11-18-14/h6,8,11-12H,4-5,7,9-10H2,1-3H3,(H,17,18,19). The SMILES string of the molecule is CC1CCCC(CNc2ncnc3sccc23)(N(C)C)C1. The van der Waals surface area contributed by atoms with Gasteiger partial charge in [-0.05, 0) is 44.3 Å². The molecule has 1 fully saturated rings. The van der Waals surface area contributed by atoms with Crippen molar-refractivity contribution in [2.24, 2.45) is 5.92 Å². The maximum absolute atomic E-state index is 4.44. The van der Waals surface area contributed by atoms with Gasteiger partial charge in [0, 0.05) is 12.1 Å². The quantitative estimate of drug-likeness (QED) is 0.937. The second-order valence-electron chi connectivity index (χ2n) is 6.54. The van der Waals surface area contributed by atoms with Crippen LogP contribution in [0.4, 0.5) is 5.82 Å².